The molecule has 0 atom stereocenters. The molecule has 0 saturated carbocycles. The third-order valence-electron chi connectivity index (χ3n) is 3.94. The van der Waals surface area contributed by atoms with Gasteiger partial charge < -0.3 is 9.80 Å². The first kappa shape index (κ1) is 14.8. The van der Waals surface area contributed by atoms with E-state index < -0.39 is 11.6 Å². The van der Waals surface area contributed by atoms with Crippen molar-refractivity contribution in [1.29, 1.82) is 0 Å². The molecule has 2 heterocycles. The largest absolute Gasteiger partial charge is 0.355 e. The first-order valence-corrected chi connectivity index (χ1v) is 7.21. The van der Waals surface area contributed by atoms with Crippen molar-refractivity contribution in [3.63, 3.8) is 0 Å². The maximum absolute atomic E-state index is 13.3. The van der Waals surface area contributed by atoms with E-state index in [0.29, 0.717) is 12.1 Å². The fourth-order valence-corrected chi connectivity index (χ4v) is 2.78. The van der Waals surface area contributed by atoms with Crippen molar-refractivity contribution < 1.29 is 8.78 Å². The maximum atomic E-state index is 13.3. The van der Waals surface area contributed by atoms with Gasteiger partial charge in [-0.05, 0) is 24.7 Å². The number of hydrogen-bond acceptors (Lipinski definition) is 4. The number of rotatable bonds is 3. The van der Waals surface area contributed by atoms with Crippen LogP contribution in [0.5, 0.6) is 0 Å². The summed E-state index contributed by atoms with van der Waals surface area (Å²) in [6, 6.07) is 3.97. The van der Waals surface area contributed by atoms with Gasteiger partial charge in [-0.2, -0.15) is 0 Å². The first-order chi connectivity index (χ1) is 10.5. The van der Waals surface area contributed by atoms with Crippen LogP contribution in [0.1, 0.15) is 16.8 Å². The summed E-state index contributed by atoms with van der Waals surface area (Å²) in [5.41, 5.74) is 2.89. The van der Waals surface area contributed by atoms with Gasteiger partial charge in [0.2, 0.25) is 0 Å². The number of nitrogens with zero attached hydrogens (tertiary/aromatic N) is 4. The maximum Gasteiger partial charge on any atom is 0.159 e. The lowest BCUT2D eigenvalue weighted by Crippen LogP contribution is -2.30. The minimum atomic E-state index is -0.826. The molecule has 4 nitrogen and oxygen atoms in total. The van der Waals surface area contributed by atoms with Crippen molar-refractivity contribution in [2.45, 2.75) is 19.5 Å². The molecule has 116 valence electrons. The zero-order valence-electron chi connectivity index (χ0n) is 12.7. The summed E-state index contributed by atoms with van der Waals surface area (Å²) in [7, 11) is 3.97. The van der Waals surface area contributed by atoms with Crippen LogP contribution in [0.3, 0.4) is 0 Å². The summed E-state index contributed by atoms with van der Waals surface area (Å²) in [6.07, 6.45) is 2.47. The van der Waals surface area contributed by atoms with Crippen LogP contribution in [0.15, 0.2) is 24.5 Å². The Hall–Kier alpha value is -2.08. The second-order valence-corrected chi connectivity index (χ2v) is 5.71. The Labute approximate surface area is 128 Å². The fraction of sp³-hybridized carbons (Fsp3) is 0.375. The summed E-state index contributed by atoms with van der Waals surface area (Å²) in [5.74, 6) is -0.802. The molecule has 0 unspecified atom stereocenters. The molecule has 1 aromatic heterocycles. The highest BCUT2D eigenvalue weighted by Crippen LogP contribution is 2.25. The van der Waals surface area contributed by atoms with Gasteiger partial charge in [0, 0.05) is 38.7 Å². The van der Waals surface area contributed by atoms with Crippen molar-refractivity contribution >= 4 is 5.82 Å². The molecule has 0 N–H and O–H groups in total. The van der Waals surface area contributed by atoms with Crippen LogP contribution in [0.2, 0.25) is 0 Å². The Kier molecular flexibility index (Phi) is 4.02. The summed E-state index contributed by atoms with van der Waals surface area (Å²) < 4.78 is 26.3. The van der Waals surface area contributed by atoms with Crippen LogP contribution in [-0.2, 0) is 19.5 Å². The lowest BCUT2D eigenvalue weighted by molar-refractivity contribution is 0.309. The van der Waals surface area contributed by atoms with Gasteiger partial charge in [0.05, 0.1) is 5.69 Å². The molecule has 1 aliphatic rings. The van der Waals surface area contributed by atoms with Crippen LogP contribution >= 0.6 is 0 Å². The molecule has 2 aromatic rings. The average Bonchev–Trinajstić information content (AvgIpc) is 2.50. The van der Waals surface area contributed by atoms with Gasteiger partial charge in [0.15, 0.2) is 11.6 Å². The standard InChI is InChI=1S/C16H18F2N4/c1-21-6-5-15-12(9-21)16(20-10-19-15)22(2)8-11-3-4-13(17)14(18)7-11/h3-4,7,10H,5-6,8-9H2,1-2H3. The number of fused-ring (bicyclic) bond motifs is 1. The van der Waals surface area contributed by atoms with E-state index in [1.807, 2.05) is 11.9 Å². The van der Waals surface area contributed by atoms with E-state index in [1.54, 1.807) is 12.4 Å². The van der Waals surface area contributed by atoms with E-state index in [2.05, 4.69) is 21.9 Å². The van der Waals surface area contributed by atoms with E-state index >= 15 is 0 Å². The van der Waals surface area contributed by atoms with E-state index in [1.165, 1.54) is 6.07 Å². The van der Waals surface area contributed by atoms with E-state index in [9.17, 15) is 8.78 Å². The predicted molar refractivity (Wildman–Crippen MR) is 80.5 cm³/mol. The van der Waals surface area contributed by atoms with Crippen LogP contribution in [0.4, 0.5) is 14.6 Å². The molecule has 1 aliphatic heterocycles. The number of likely N-dealkylation sites (N-methyl/N-ethyl adjacent to an activating group) is 1. The molecule has 1 aromatic carbocycles. The minimum absolute atomic E-state index is 0.463. The minimum Gasteiger partial charge on any atom is -0.355 e. The Morgan fingerprint density at radius 2 is 2.05 bits per heavy atom. The Bertz CT molecular complexity index is 690. The van der Waals surface area contributed by atoms with Crippen molar-refractivity contribution in [3.8, 4) is 0 Å². The molecule has 0 aliphatic carbocycles. The molecule has 0 fully saturated rings. The average molecular weight is 304 g/mol. The highest BCUT2D eigenvalue weighted by Gasteiger charge is 2.20. The summed E-state index contributed by atoms with van der Waals surface area (Å²) in [6.45, 7) is 2.24. The zero-order chi connectivity index (χ0) is 15.7. The first-order valence-electron chi connectivity index (χ1n) is 7.21. The number of benzene rings is 1. The van der Waals surface area contributed by atoms with Gasteiger partial charge in [-0.3, -0.25) is 0 Å². The van der Waals surface area contributed by atoms with Crippen LogP contribution in [0, 0.1) is 11.6 Å². The van der Waals surface area contributed by atoms with Gasteiger partial charge in [-0.1, -0.05) is 6.07 Å². The summed E-state index contributed by atoms with van der Waals surface area (Å²) >= 11 is 0. The zero-order valence-corrected chi connectivity index (χ0v) is 12.7. The van der Waals surface area contributed by atoms with Crippen molar-refractivity contribution in [3.05, 3.63) is 53.0 Å². The molecule has 0 spiro atoms. The normalized spacial score (nSPS) is 14.7. The van der Waals surface area contributed by atoms with E-state index in [4.69, 9.17) is 0 Å². The molecular weight excluding hydrogens is 286 g/mol. The Morgan fingerprint density at radius 3 is 2.82 bits per heavy atom. The molecule has 0 amide bonds. The Balaban J connectivity index is 1.86. The highest BCUT2D eigenvalue weighted by molar-refractivity contribution is 5.49. The smallest absolute Gasteiger partial charge is 0.159 e. The molecule has 0 radical (unpaired) electrons. The van der Waals surface area contributed by atoms with E-state index in [-0.39, 0.29) is 0 Å². The molecule has 6 heteroatoms. The Morgan fingerprint density at radius 1 is 1.23 bits per heavy atom. The number of aromatic nitrogens is 2. The van der Waals surface area contributed by atoms with E-state index in [0.717, 1.165) is 42.7 Å². The third kappa shape index (κ3) is 2.92. The summed E-state index contributed by atoms with van der Waals surface area (Å²) in [4.78, 5) is 12.9. The number of anilines is 1. The number of hydrogen-bond donors (Lipinski definition) is 0. The topological polar surface area (TPSA) is 32.3 Å². The molecular formula is C16H18F2N4. The second-order valence-electron chi connectivity index (χ2n) is 5.71. The van der Waals surface area contributed by atoms with Gasteiger partial charge in [-0.25, -0.2) is 18.7 Å². The monoisotopic (exact) mass is 304 g/mol. The lowest BCUT2D eigenvalue weighted by atomic mass is 10.1. The van der Waals surface area contributed by atoms with Crippen molar-refractivity contribution in [1.82, 2.24) is 14.9 Å². The van der Waals surface area contributed by atoms with Crippen molar-refractivity contribution in [2.24, 2.45) is 0 Å². The lowest BCUT2D eigenvalue weighted by Gasteiger charge is -2.28. The van der Waals surface area contributed by atoms with Gasteiger partial charge in [-0.15, -0.1) is 0 Å². The molecule has 3 rings (SSSR count). The SMILES string of the molecule is CN1CCc2ncnc(N(C)Cc3ccc(F)c(F)c3)c2C1. The van der Waals surface area contributed by atoms with Gasteiger partial charge in [0.1, 0.15) is 12.1 Å². The quantitative estimate of drug-likeness (QED) is 0.871. The fourth-order valence-electron chi connectivity index (χ4n) is 2.78. The van der Waals surface area contributed by atoms with Crippen LogP contribution in [-0.4, -0.2) is 35.5 Å². The van der Waals surface area contributed by atoms with Gasteiger partial charge in [0.25, 0.3) is 0 Å². The van der Waals surface area contributed by atoms with Gasteiger partial charge >= 0.3 is 0 Å². The molecule has 0 saturated heterocycles. The number of halogens is 2. The van der Waals surface area contributed by atoms with Crippen LogP contribution in [0.25, 0.3) is 0 Å². The predicted octanol–water partition coefficient (Wildman–Crippen LogP) is 2.38. The van der Waals surface area contributed by atoms with Crippen molar-refractivity contribution in [2.75, 3.05) is 25.5 Å². The summed E-state index contributed by atoms with van der Waals surface area (Å²) in [5, 5.41) is 0. The molecule has 0 bridgehead atoms. The second kappa shape index (κ2) is 5.96. The third-order valence-corrected chi connectivity index (χ3v) is 3.94. The molecule has 22 heavy (non-hydrogen) atoms. The highest BCUT2D eigenvalue weighted by atomic mass is 19.2. The van der Waals surface area contributed by atoms with Crippen LogP contribution < -0.4 is 4.90 Å².